The topological polar surface area (TPSA) is 163 Å². The molecule has 12 heteroatoms. The minimum atomic E-state index is -4.19. The minimum Gasteiger partial charge on any atom is -0.396 e. The largest absolute Gasteiger partial charge is 0.472 e. The normalized spacial score (nSPS) is 24.2. The number of anilines is 3. The maximum absolute atomic E-state index is 12.2. The number of fused-ring (bicyclic) bond motifs is 1. The molecule has 2 heterocycles. The number of aliphatic hydroxyl groups excluding tert-OH is 1. The van der Waals surface area contributed by atoms with Gasteiger partial charge in [-0.15, -0.1) is 0 Å². The summed E-state index contributed by atoms with van der Waals surface area (Å²) >= 11 is 0. The average molecular weight is 451 g/mol. The fourth-order valence-corrected chi connectivity index (χ4v) is 4.88. The molecule has 6 N–H and O–H groups in total. The molecule has 31 heavy (non-hydrogen) atoms. The van der Waals surface area contributed by atoms with Gasteiger partial charge in [-0.1, -0.05) is 30.3 Å². The van der Waals surface area contributed by atoms with Crippen LogP contribution >= 0.6 is 7.82 Å². The third kappa shape index (κ3) is 4.76. The summed E-state index contributed by atoms with van der Waals surface area (Å²) in [6, 6.07) is 9.40. The van der Waals surface area contributed by atoms with Gasteiger partial charge in [-0.25, -0.2) is 4.57 Å². The number of hydrogen-bond acceptors (Lipinski definition) is 9. The summed E-state index contributed by atoms with van der Waals surface area (Å²) in [6.45, 7) is 0.283. The van der Waals surface area contributed by atoms with Crippen molar-refractivity contribution in [2.24, 2.45) is 11.8 Å². The number of hydrogen-bond donors (Lipinski definition) is 5. The van der Waals surface area contributed by atoms with Crippen LogP contribution in [0.2, 0.25) is 0 Å². The molecule has 1 aromatic heterocycles. The lowest BCUT2D eigenvalue weighted by molar-refractivity contribution is 0.0172. The van der Waals surface area contributed by atoms with Crippen molar-refractivity contribution in [2.45, 2.75) is 18.9 Å². The fraction of sp³-hybridized carbons (Fsp3) is 0.474. The number of H-pyrrole nitrogens is 1. The Kier molecular flexibility index (Phi) is 6.31. The maximum Gasteiger partial charge on any atom is 0.472 e. The van der Waals surface area contributed by atoms with E-state index >= 15 is 0 Å². The van der Waals surface area contributed by atoms with Crippen molar-refractivity contribution in [3.63, 3.8) is 0 Å². The second kappa shape index (κ2) is 8.97. The molecule has 0 amide bonds. The first kappa shape index (κ1) is 21.8. The number of aromatic amines is 1. The van der Waals surface area contributed by atoms with Gasteiger partial charge in [0.25, 0.3) is 5.56 Å². The van der Waals surface area contributed by atoms with Crippen molar-refractivity contribution < 1.29 is 23.6 Å². The Morgan fingerprint density at radius 3 is 2.81 bits per heavy atom. The monoisotopic (exact) mass is 451 g/mol. The van der Waals surface area contributed by atoms with Crippen molar-refractivity contribution in [2.75, 3.05) is 42.4 Å². The highest BCUT2D eigenvalue weighted by Crippen LogP contribution is 2.48. The van der Waals surface area contributed by atoms with Crippen LogP contribution in [0.3, 0.4) is 0 Å². The lowest BCUT2D eigenvalue weighted by Crippen LogP contribution is -2.55. The van der Waals surface area contributed by atoms with E-state index < -0.39 is 7.82 Å². The van der Waals surface area contributed by atoms with Gasteiger partial charge in [-0.3, -0.25) is 18.8 Å². The third-order valence-electron chi connectivity index (χ3n) is 5.81. The SMILES string of the molecule is Nc1nc2c(c(=O)[nH]1)NCN2[C@@H]1C[C@H](COP(=O)(O)OCCc2ccccc2)[C@H]1CO. The molecule has 0 bridgehead atoms. The number of phosphoric acid groups is 1. The molecule has 1 saturated carbocycles. The van der Waals surface area contributed by atoms with Crippen molar-refractivity contribution in [1.29, 1.82) is 0 Å². The number of nitrogen functional groups attached to an aromatic ring is 1. The molecule has 11 nitrogen and oxygen atoms in total. The summed E-state index contributed by atoms with van der Waals surface area (Å²) in [5.41, 5.74) is 6.65. The summed E-state index contributed by atoms with van der Waals surface area (Å²) in [5.74, 6) is 0.128. The maximum atomic E-state index is 12.2. The quantitative estimate of drug-likeness (QED) is 0.346. The van der Waals surface area contributed by atoms with Crippen LogP contribution in [-0.2, 0) is 20.0 Å². The van der Waals surface area contributed by atoms with Crippen molar-refractivity contribution in [3.8, 4) is 0 Å². The van der Waals surface area contributed by atoms with Gasteiger partial charge in [0.05, 0.1) is 19.9 Å². The lowest BCUT2D eigenvalue weighted by atomic mass is 9.69. The molecule has 0 saturated heterocycles. The Labute approximate surface area is 178 Å². The molecule has 1 aliphatic carbocycles. The van der Waals surface area contributed by atoms with E-state index in [0.717, 1.165) is 5.56 Å². The van der Waals surface area contributed by atoms with Crippen LogP contribution in [-0.4, -0.2) is 52.5 Å². The van der Waals surface area contributed by atoms with Crippen LogP contribution in [0, 0.1) is 11.8 Å². The Bertz CT molecular complexity index is 1020. The van der Waals surface area contributed by atoms with Crippen LogP contribution in [0.1, 0.15) is 12.0 Å². The Balaban J connectivity index is 1.29. The Morgan fingerprint density at radius 1 is 1.29 bits per heavy atom. The van der Waals surface area contributed by atoms with E-state index in [1.165, 1.54) is 0 Å². The van der Waals surface area contributed by atoms with Crippen molar-refractivity contribution in [3.05, 3.63) is 46.2 Å². The number of benzene rings is 1. The zero-order valence-electron chi connectivity index (χ0n) is 16.8. The first-order valence-corrected chi connectivity index (χ1v) is 11.5. The van der Waals surface area contributed by atoms with E-state index in [-0.39, 0.29) is 49.2 Å². The predicted octanol–water partition coefficient (Wildman–Crippen LogP) is 0.915. The Morgan fingerprint density at radius 2 is 2.06 bits per heavy atom. The molecule has 1 aromatic carbocycles. The van der Waals surface area contributed by atoms with Crippen LogP contribution in [0.25, 0.3) is 0 Å². The van der Waals surface area contributed by atoms with Crippen LogP contribution in [0.5, 0.6) is 0 Å². The lowest BCUT2D eigenvalue weighted by Gasteiger charge is -2.48. The number of phosphoric ester groups is 1. The third-order valence-corrected chi connectivity index (χ3v) is 6.80. The molecule has 1 unspecified atom stereocenters. The molecule has 0 radical (unpaired) electrons. The Hall–Kier alpha value is -2.43. The minimum absolute atomic E-state index is 0.0140. The van der Waals surface area contributed by atoms with Crippen LogP contribution in [0.15, 0.2) is 35.1 Å². The molecule has 4 atom stereocenters. The van der Waals surface area contributed by atoms with Gasteiger partial charge < -0.3 is 26.0 Å². The van der Waals surface area contributed by atoms with E-state index in [1.54, 1.807) is 0 Å². The van der Waals surface area contributed by atoms with E-state index in [9.17, 15) is 19.4 Å². The van der Waals surface area contributed by atoms with E-state index in [4.69, 9.17) is 14.8 Å². The number of aliphatic hydroxyl groups is 1. The van der Waals surface area contributed by atoms with Gasteiger partial charge in [0.2, 0.25) is 5.95 Å². The van der Waals surface area contributed by atoms with Crippen LogP contribution < -0.4 is 21.5 Å². The molecule has 4 rings (SSSR count). The summed E-state index contributed by atoms with van der Waals surface area (Å²) < 4.78 is 22.4. The van der Waals surface area contributed by atoms with Gasteiger partial charge in [0.1, 0.15) is 5.69 Å². The van der Waals surface area contributed by atoms with E-state index in [0.29, 0.717) is 31.0 Å². The second-order valence-electron chi connectivity index (χ2n) is 7.70. The molecule has 168 valence electrons. The summed E-state index contributed by atoms with van der Waals surface area (Å²) in [7, 11) is -4.19. The summed E-state index contributed by atoms with van der Waals surface area (Å²) in [4.78, 5) is 30.5. The van der Waals surface area contributed by atoms with E-state index in [2.05, 4.69) is 15.3 Å². The zero-order chi connectivity index (χ0) is 22.0. The van der Waals surface area contributed by atoms with Crippen molar-refractivity contribution >= 4 is 25.3 Å². The standard InChI is InChI=1S/C19H26N5O6P/c20-19-22-17-16(18(26)23-19)21-11-24(17)15-8-13(14(15)9-25)10-30-31(27,28)29-7-6-12-4-2-1-3-5-12/h1-5,13-15,21,25H,6-11H2,(H,27,28)(H3,20,22,23,26)/t13-,14-,15-/m1/s1. The van der Waals surface area contributed by atoms with Gasteiger partial charge in [-0.2, -0.15) is 4.98 Å². The number of nitrogens with two attached hydrogens (primary N) is 1. The molecule has 1 fully saturated rings. The van der Waals surface area contributed by atoms with Gasteiger partial charge in [0, 0.05) is 18.6 Å². The molecular formula is C19H26N5O6P. The molecule has 0 spiro atoms. The first-order valence-electron chi connectivity index (χ1n) is 10.0. The number of rotatable bonds is 9. The average Bonchev–Trinajstić information content (AvgIpc) is 3.12. The van der Waals surface area contributed by atoms with Gasteiger partial charge in [-0.05, 0) is 24.3 Å². The molecule has 2 aliphatic rings. The molecular weight excluding hydrogens is 425 g/mol. The highest BCUT2D eigenvalue weighted by molar-refractivity contribution is 7.47. The summed E-state index contributed by atoms with van der Waals surface area (Å²) in [6.07, 6.45) is 1.10. The summed E-state index contributed by atoms with van der Waals surface area (Å²) in [5, 5.41) is 12.9. The second-order valence-corrected chi connectivity index (χ2v) is 9.15. The number of aromatic nitrogens is 2. The number of nitrogens with zero attached hydrogens (tertiary/aromatic N) is 2. The van der Waals surface area contributed by atoms with Gasteiger partial charge >= 0.3 is 7.82 Å². The smallest absolute Gasteiger partial charge is 0.396 e. The number of nitrogens with one attached hydrogen (secondary N) is 2. The fourth-order valence-electron chi connectivity index (χ4n) is 4.11. The van der Waals surface area contributed by atoms with Crippen molar-refractivity contribution in [1.82, 2.24) is 9.97 Å². The highest BCUT2D eigenvalue weighted by atomic mass is 31.2. The molecule has 2 aromatic rings. The molecule has 1 aliphatic heterocycles. The van der Waals surface area contributed by atoms with Gasteiger partial charge in [0.15, 0.2) is 5.82 Å². The van der Waals surface area contributed by atoms with Crippen LogP contribution in [0.4, 0.5) is 17.5 Å². The first-order chi connectivity index (χ1) is 14.9. The highest BCUT2D eigenvalue weighted by Gasteiger charge is 2.47. The van der Waals surface area contributed by atoms with E-state index in [1.807, 2.05) is 35.2 Å². The zero-order valence-corrected chi connectivity index (χ0v) is 17.7. The predicted molar refractivity (Wildman–Crippen MR) is 115 cm³/mol.